The first-order valence-electron chi connectivity index (χ1n) is 11.6. The highest BCUT2D eigenvalue weighted by Crippen LogP contribution is 2.31. The number of benzene rings is 3. The molecule has 4 rings (SSSR count). The Bertz CT molecular complexity index is 945. The summed E-state index contributed by atoms with van der Waals surface area (Å²) in [5, 5.41) is 9.68. The predicted molar refractivity (Wildman–Crippen MR) is 128 cm³/mol. The van der Waals surface area contributed by atoms with Gasteiger partial charge in [0.1, 0.15) is 0 Å². The Kier molecular flexibility index (Phi) is 6.69. The average molecular weight is 399 g/mol. The van der Waals surface area contributed by atoms with E-state index >= 15 is 0 Å². The molecule has 0 unspecified atom stereocenters. The number of rotatable bonds is 6. The lowest BCUT2D eigenvalue weighted by Gasteiger charge is -2.25. The zero-order valence-electron chi connectivity index (χ0n) is 18.4. The Morgan fingerprint density at radius 3 is 2.07 bits per heavy atom. The molecule has 0 atom stereocenters. The zero-order chi connectivity index (χ0) is 20.9. The van der Waals surface area contributed by atoms with Gasteiger partial charge in [-0.25, -0.2) is 0 Å². The highest BCUT2D eigenvalue weighted by molar-refractivity contribution is 5.74. The zero-order valence-corrected chi connectivity index (χ0v) is 18.4. The number of aryl methyl sites for hydroxylation is 3. The van der Waals surface area contributed by atoms with E-state index in [4.69, 9.17) is 0 Å². The molecule has 0 aliphatic heterocycles. The van der Waals surface area contributed by atoms with Crippen LogP contribution >= 0.6 is 0 Å². The standard InChI is InChI=1S/C29H34O/c1-3-24-20-27(16-19-29(24)26-12-4-21(2)5-13-26)25-14-8-22(9-15-25)6-7-23-10-17-28(30)18-11-23/h4-5,8-9,12-16,19-20,23,28,30H,3,6-7,10-11,17-18H2,1-2H3. The second-order valence-electron chi connectivity index (χ2n) is 9.00. The maximum Gasteiger partial charge on any atom is 0.0540 e. The summed E-state index contributed by atoms with van der Waals surface area (Å²) in [6.07, 6.45) is 7.73. The van der Waals surface area contributed by atoms with Crippen LogP contribution in [0, 0.1) is 12.8 Å². The molecule has 1 fully saturated rings. The van der Waals surface area contributed by atoms with Gasteiger partial charge in [-0.3, -0.25) is 0 Å². The third-order valence-corrected chi connectivity index (χ3v) is 6.79. The fraction of sp³-hybridized carbons (Fsp3) is 0.379. The SMILES string of the molecule is CCc1cc(-c2ccc(CCC3CCC(O)CC3)cc2)ccc1-c1ccc(C)cc1. The summed E-state index contributed by atoms with van der Waals surface area (Å²) in [6.45, 7) is 4.38. The van der Waals surface area contributed by atoms with Crippen LogP contribution in [0.15, 0.2) is 66.7 Å². The Balaban J connectivity index is 1.45. The van der Waals surface area contributed by atoms with E-state index in [1.54, 1.807) is 0 Å². The van der Waals surface area contributed by atoms with Crippen LogP contribution < -0.4 is 0 Å². The summed E-state index contributed by atoms with van der Waals surface area (Å²) in [5.74, 6) is 0.787. The quantitative estimate of drug-likeness (QED) is 0.459. The summed E-state index contributed by atoms with van der Waals surface area (Å²) in [5.41, 5.74) is 9.37. The summed E-state index contributed by atoms with van der Waals surface area (Å²) in [7, 11) is 0. The topological polar surface area (TPSA) is 20.2 Å². The first-order chi connectivity index (χ1) is 14.6. The minimum atomic E-state index is -0.0501. The maximum atomic E-state index is 9.68. The number of hydrogen-bond acceptors (Lipinski definition) is 1. The normalized spacial score (nSPS) is 19.0. The van der Waals surface area contributed by atoms with E-state index in [2.05, 4.69) is 80.6 Å². The van der Waals surface area contributed by atoms with E-state index in [1.165, 1.54) is 58.2 Å². The minimum absolute atomic E-state index is 0.0501. The number of hydrogen-bond donors (Lipinski definition) is 1. The van der Waals surface area contributed by atoms with Gasteiger partial charge in [-0.05, 0) is 91.2 Å². The molecule has 1 aliphatic rings. The molecule has 1 nitrogen and oxygen atoms in total. The molecule has 1 heteroatoms. The van der Waals surface area contributed by atoms with Crippen molar-refractivity contribution in [2.24, 2.45) is 5.92 Å². The van der Waals surface area contributed by atoms with Gasteiger partial charge in [0, 0.05) is 0 Å². The van der Waals surface area contributed by atoms with Crippen molar-refractivity contribution in [1.82, 2.24) is 0 Å². The summed E-state index contributed by atoms with van der Waals surface area (Å²) in [4.78, 5) is 0. The maximum absolute atomic E-state index is 9.68. The van der Waals surface area contributed by atoms with Gasteiger partial charge in [0.15, 0.2) is 0 Å². The van der Waals surface area contributed by atoms with Crippen molar-refractivity contribution in [2.75, 3.05) is 0 Å². The Labute approximate surface area is 181 Å². The van der Waals surface area contributed by atoms with Crippen molar-refractivity contribution < 1.29 is 5.11 Å². The van der Waals surface area contributed by atoms with Crippen molar-refractivity contribution in [1.29, 1.82) is 0 Å². The molecule has 0 bridgehead atoms. The second kappa shape index (κ2) is 9.62. The van der Waals surface area contributed by atoms with Crippen LogP contribution in [0.4, 0.5) is 0 Å². The van der Waals surface area contributed by atoms with Crippen LogP contribution in [-0.2, 0) is 12.8 Å². The molecule has 1 aliphatic carbocycles. The minimum Gasteiger partial charge on any atom is -0.393 e. The molecular formula is C29H34O. The number of aliphatic hydroxyl groups excluding tert-OH is 1. The largest absolute Gasteiger partial charge is 0.393 e. The third-order valence-electron chi connectivity index (χ3n) is 6.79. The van der Waals surface area contributed by atoms with Crippen molar-refractivity contribution in [3.05, 3.63) is 83.4 Å². The first-order valence-corrected chi connectivity index (χ1v) is 11.6. The van der Waals surface area contributed by atoms with E-state index in [0.29, 0.717) is 0 Å². The van der Waals surface area contributed by atoms with E-state index < -0.39 is 0 Å². The van der Waals surface area contributed by atoms with Crippen molar-refractivity contribution >= 4 is 0 Å². The molecule has 0 amide bonds. The molecule has 156 valence electrons. The summed E-state index contributed by atoms with van der Waals surface area (Å²) < 4.78 is 0. The lowest BCUT2D eigenvalue weighted by Crippen LogP contribution is -2.18. The molecule has 1 saturated carbocycles. The fourth-order valence-corrected chi connectivity index (χ4v) is 4.75. The van der Waals surface area contributed by atoms with E-state index in [0.717, 1.165) is 31.6 Å². The summed E-state index contributed by atoms with van der Waals surface area (Å²) >= 11 is 0. The van der Waals surface area contributed by atoms with E-state index in [9.17, 15) is 5.11 Å². The number of aliphatic hydroxyl groups is 1. The molecule has 0 radical (unpaired) electrons. The van der Waals surface area contributed by atoms with Crippen LogP contribution in [0.3, 0.4) is 0 Å². The smallest absolute Gasteiger partial charge is 0.0540 e. The Morgan fingerprint density at radius 1 is 0.767 bits per heavy atom. The van der Waals surface area contributed by atoms with Gasteiger partial charge in [0.05, 0.1) is 6.10 Å². The van der Waals surface area contributed by atoms with Gasteiger partial charge < -0.3 is 5.11 Å². The van der Waals surface area contributed by atoms with Crippen LogP contribution in [0.1, 0.15) is 55.7 Å². The third kappa shape index (κ3) is 5.02. The molecule has 1 N–H and O–H groups in total. The molecule has 0 aromatic heterocycles. The molecule has 30 heavy (non-hydrogen) atoms. The van der Waals surface area contributed by atoms with Crippen molar-refractivity contribution in [3.8, 4) is 22.3 Å². The lowest BCUT2D eigenvalue weighted by molar-refractivity contribution is 0.106. The Morgan fingerprint density at radius 2 is 1.40 bits per heavy atom. The van der Waals surface area contributed by atoms with Crippen LogP contribution in [0.2, 0.25) is 0 Å². The van der Waals surface area contributed by atoms with Gasteiger partial charge in [0.2, 0.25) is 0 Å². The highest BCUT2D eigenvalue weighted by atomic mass is 16.3. The van der Waals surface area contributed by atoms with Crippen molar-refractivity contribution in [2.45, 2.75) is 64.9 Å². The molecule has 0 heterocycles. The average Bonchev–Trinajstić information content (AvgIpc) is 2.79. The highest BCUT2D eigenvalue weighted by Gasteiger charge is 2.19. The lowest BCUT2D eigenvalue weighted by atomic mass is 9.84. The summed E-state index contributed by atoms with van der Waals surface area (Å²) in [6, 6.07) is 24.9. The van der Waals surface area contributed by atoms with Gasteiger partial charge in [-0.1, -0.05) is 79.2 Å². The van der Waals surface area contributed by atoms with Crippen LogP contribution in [-0.4, -0.2) is 11.2 Å². The fourth-order valence-electron chi connectivity index (χ4n) is 4.75. The van der Waals surface area contributed by atoms with Crippen LogP contribution in [0.5, 0.6) is 0 Å². The molecular weight excluding hydrogens is 364 g/mol. The molecule has 0 spiro atoms. The molecule has 3 aromatic rings. The Hall–Kier alpha value is -2.38. The van der Waals surface area contributed by atoms with Gasteiger partial charge in [0.25, 0.3) is 0 Å². The predicted octanol–water partition coefficient (Wildman–Crippen LogP) is 7.38. The molecule has 3 aromatic carbocycles. The first kappa shape index (κ1) is 20.9. The van der Waals surface area contributed by atoms with Crippen molar-refractivity contribution in [3.63, 3.8) is 0 Å². The molecule has 0 saturated heterocycles. The van der Waals surface area contributed by atoms with Gasteiger partial charge in [-0.15, -0.1) is 0 Å². The second-order valence-corrected chi connectivity index (χ2v) is 9.00. The van der Waals surface area contributed by atoms with Gasteiger partial charge >= 0.3 is 0 Å². The monoisotopic (exact) mass is 398 g/mol. The van der Waals surface area contributed by atoms with E-state index in [-0.39, 0.29) is 6.10 Å². The van der Waals surface area contributed by atoms with E-state index in [1.807, 2.05) is 0 Å². The van der Waals surface area contributed by atoms with Gasteiger partial charge in [-0.2, -0.15) is 0 Å². The van der Waals surface area contributed by atoms with Crippen LogP contribution in [0.25, 0.3) is 22.3 Å².